The first-order valence-corrected chi connectivity index (χ1v) is 8.78. The summed E-state index contributed by atoms with van der Waals surface area (Å²) >= 11 is 0. The fraction of sp³-hybridized carbons (Fsp3) is 0.190. The molecule has 0 unspecified atom stereocenters. The third kappa shape index (κ3) is 4.92. The molecular weight excluding hydrogens is 374 g/mol. The average molecular weight is 395 g/mol. The molecule has 0 saturated heterocycles. The van der Waals surface area contributed by atoms with Crippen molar-refractivity contribution in [1.29, 1.82) is 0 Å². The molecule has 0 bridgehead atoms. The number of benzene rings is 2. The van der Waals surface area contributed by atoms with Gasteiger partial charge in [-0.1, -0.05) is 35.5 Å². The fourth-order valence-electron chi connectivity index (χ4n) is 2.61. The molecule has 3 rings (SSSR count). The molecule has 8 nitrogen and oxygen atoms in total. The van der Waals surface area contributed by atoms with Crippen molar-refractivity contribution in [3.05, 3.63) is 60.0 Å². The first-order valence-electron chi connectivity index (χ1n) is 8.78. The van der Waals surface area contributed by atoms with Crippen LogP contribution in [0.5, 0.6) is 17.2 Å². The Morgan fingerprint density at radius 3 is 2.38 bits per heavy atom. The molecule has 2 aromatic carbocycles. The van der Waals surface area contributed by atoms with E-state index < -0.39 is 0 Å². The van der Waals surface area contributed by atoms with Crippen molar-refractivity contribution in [2.75, 3.05) is 21.3 Å². The Morgan fingerprint density at radius 1 is 1.07 bits per heavy atom. The summed E-state index contributed by atoms with van der Waals surface area (Å²) in [6.07, 6.45) is 3.18. The van der Waals surface area contributed by atoms with Crippen LogP contribution < -0.4 is 19.5 Å². The maximum Gasteiger partial charge on any atom is 0.246 e. The smallest absolute Gasteiger partial charge is 0.246 e. The van der Waals surface area contributed by atoms with Crippen molar-refractivity contribution in [3.63, 3.8) is 0 Å². The summed E-state index contributed by atoms with van der Waals surface area (Å²) in [7, 11) is 4.59. The molecule has 0 aliphatic carbocycles. The monoisotopic (exact) mass is 395 g/mol. The van der Waals surface area contributed by atoms with Crippen molar-refractivity contribution in [2.24, 2.45) is 0 Å². The van der Waals surface area contributed by atoms with E-state index in [-0.39, 0.29) is 18.3 Å². The predicted molar refractivity (Wildman–Crippen MR) is 107 cm³/mol. The second-order valence-corrected chi connectivity index (χ2v) is 5.89. The first-order chi connectivity index (χ1) is 14.1. The minimum Gasteiger partial charge on any atom is -0.493 e. The number of carbonyl (C=O) groups excluding carboxylic acids is 1. The molecule has 29 heavy (non-hydrogen) atoms. The second kappa shape index (κ2) is 9.41. The number of nitrogens with one attached hydrogen (secondary N) is 1. The van der Waals surface area contributed by atoms with Crippen LogP contribution in [0.1, 0.15) is 11.5 Å². The van der Waals surface area contributed by atoms with E-state index in [2.05, 4.69) is 15.5 Å². The van der Waals surface area contributed by atoms with Gasteiger partial charge in [0.1, 0.15) is 0 Å². The number of hydrogen-bond acceptors (Lipinski definition) is 7. The predicted octanol–water partition coefficient (Wildman–Crippen LogP) is 3.09. The molecule has 1 aromatic heterocycles. The molecular formula is C21H21N3O5. The van der Waals surface area contributed by atoms with E-state index in [0.717, 1.165) is 5.56 Å². The molecule has 0 spiro atoms. The van der Waals surface area contributed by atoms with Crippen LogP contribution in [0.3, 0.4) is 0 Å². The summed E-state index contributed by atoms with van der Waals surface area (Å²) in [6, 6.07) is 13.0. The van der Waals surface area contributed by atoms with Gasteiger partial charge < -0.3 is 24.1 Å². The lowest BCUT2D eigenvalue weighted by molar-refractivity contribution is -0.116. The third-order valence-electron chi connectivity index (χ3n) is 4.03. The molecule has 0 radical (unpaired) electrons. The first kappa shape index (κ1) is 19.9. The van der Waals surface area contributed by atoms with Gasteiger partial charge in [-0.15, -0.1) is 0 Å². The third-order valence-corrected chi connectivity index (χ3v) is 4.03. The molecule has 0 atom stereocenters. The van der Waals surface area contributed by atoms with Gasteiger partial charge in [0.2, 0.25) is 23.4 Å². The highest BCUT2D eigenvalue weighted by atomic mass is 16.5. The summed E-state index contributed by atoms with van der Waals surface area (Å²) in [5.41, 5.74) is 1.56. The molecule has 1 N–H and O–H groups in total. The van der Waals surface area contributed by atoms with E-state index in [1.165, 1.54) is 27.4 Å². The number of rotatable bonds is 8. The van der Waals surface area contributed by atoms with Crippen LogP contribution in [0, 0.1) is 0 Å². The van der Waals surface area contributed by atoms with Gasteiger partial charge in [-0.2, -0.15) is 4.98 Å². The van der Waals surface area contributed by atoms with Crippen molar-refractivity contribution < 1.29 is 23.5 Å². The highest BCUT2D eigenvalue weighted by Gasteiger charge is 2.17. The van der Waals surface area contributed by atoms with Gasteiger partial charge >= 0.3 is 0 Å². The molecule has 150 valence electrons. The van der Waals surface area contributed by atoms with Crippen LogP contribution in [-0.4, -0.2) is 37.4 Å². The number of amides is 1. The van der Waals surface area contributed by atoms with E-state index in [1.807, 2.05) is 30.3 Å². The Labute approximate surface area is 168 Å². The lowest BCUT2D eigenvalue weighted by atomic mass is 10.1. The van der Waals surface area contributed by atoms with E-state index in [4.69, 9.17) is 18.7 Å². The normalized spacial score (nSPS) is 10.7. The number of carbonyl (C=O) groups is 1. The van der Waals surface area contributed by atoms with Gasteiger partial charge in [-0.25, -0.2) is 0 Å². The van der Waals surface area contributed by atoms with Crippen molar-refractivity contribution in [1.82, 2.24) is 15.5 Å². The minimum atomic E-state index is -0.263. The van der Waals surface area contributed by atoms with Gasteiger partial charge in [0.15, 0.2) is 11.5 Å². The number of ether oxygens (including phenoxy) is 3. The molecule has 0 saturated carbocycles. The zero-order valence-electron chi connectivity index (χ0n) is 16.3. The van der Waals surface area contributed by atoms with Crippen molar-refractivity contribution in [3.8, 4) is 28.6 Å². The van der Waals surface area contributed by atoms with E-state index in [9.17, 15) is 4.79 Å². The van der Waals surface area contributed by atoms with Crippen LogP contribution in [0.25, 0.3) is 17.5 Å². The summed E-state index contributed by atoms with van der Waals surface area (Å²) in [5, 5.41) is 6.66. The van der Waals surface area contributed by atoms with Crippen LogP contribution in [0.4, 0.5) is 0 Å². The van der Waals surface area contributed by atoms with Gasteiger partial charge in [-0.05, 0) is 23.8 Å². The fourth-order valence-corrected chi connectivity index (χ4v) is 2.61. The van der Waals surface area contributed by atoms with Gasteiger partial charge in [0, 0.05) is 11.6 Å². The molecule has 8 heteroatoms. The Bertz CT molecular complexity index is 974. The Hall–Kier alpha value is -3.81. The Balaban J connectivity index is 1.68. The molecule has 0 fully saturated rings. The molecule has 0 aliphatic heterocycles. The number of hydrogen-bond donors (Lipinski definition) is 1. The number of methoxy groups -OCH3 is 3. The van der Waals surface area contributed by atoms with E-state index >= 15 is 0 Å². The van der Waals surface area contributed by atoms with Crippen molar-refractivity contribution in [2.45, 2.75) is 6.54 Å². The Kier molecular flexibility index (Phi) is 6.47. The molecule has 1 heterocycles. The standard InChI is InChI=1S/C21H21N3O5/c1-26-16-11-15(12-17(27-2)20(16)28-3)21-23-19(29-24-21)13-22-18(25)10-9-14-7-5-4-6-8-14/h4-12H,13H2,1-3H3,(H,22,25)/b10-9+. The maximum absolute atomic E-state index is 12.0. The highest BCUT2D eigenvalue weighted by molar-refractivity contribution is 5.91. The van der Waals surface area contributed by atoms with E-state index in [1.54, 1.807) is 18.2 Å². The SMILES string of the molecule is COc1cc(-c2noc(CNC(=O)/C=C/c3ccccc3)n2)cc(OC)c1OC. The highest BCUT2D eigenvalue weighted by Crippen LogP contribution is 2.40. The van der Waals surface area contributed by atoms with E-state index in [0.29, 0.717) is 28.6 Å². The molecule has 0 aliphatic rings. The van der Waals surface area contributed by atoms with Crippen LogP contribution >= 0.6 is 0 Å². The van der Waals surface area contributed by atoms with Crippen molar-refractivity contribution >= 4 is 12.0 Å². The lowest BCUT2D eigenvalue weighted by Gasteiger charge is -2.12. The molecule has 3 aromatic rings. The summed E-state index contributed by atoms with van der Waals surface area (Å²) in [4.78, 5) is 16.3. The average Bonchev–Trinajstić information content (AvgIpc) is 3.25. The topological polar surface area (TPSA) is 95.7 Å². The minimum absolute atomic E-state index is 0.107. The van der Waals surface area contributed by atoms with Gasteiger partial charge in [-0.3, -0.25) is 4.79 Å². The zero-order chi connectivity index (χ0) is 20.6. The summed E-state index contributed by atoms with van der Waals surface area (Å²) in [5.74, 6) is 1.78. The number of nitrogens with zero attached hydrogens (tertiary/aromatic N) is 2. The maximum atomic E-state index is 12.0. The Morgan fingerprint density at radius 2 is 1.76 bits per heavy atom. The van der Waals surface area contributed by atoms with Crippen LogP contribution in [0.15, 0.2) is 53.1 Å². The molecule has 1 amide bonds. The summed E-state index contributed by atoms with van der Waals surface area (Å²) < 4.78 is 21.2. The van der Waals surface area contributed by atoms with Crippen LogP contribution in [-0.2, 0) is 11.3 Å². The summed E-state index contributed by atoms with van der Waals surface area (Å²) in [6.45, 7) is 0.107. The van der Waals surface area contributed by atoms with Gasteiger partial charge in [0.25, 0.3) is 0 Å². The zero-order valence-corrected chi connectivity index (χ0v) is 16.3. The lowest BCUT2D eigenvalue weighted by Crippen LogP contribution is -2.20. The number of aromatic nitrogens is 2. The largest absolute Gasteiger partial charge is 0.493 e. The quantitative estimate of drug-likeness (QED) is 0.586. The second-order valence-electron chi connectivity index (χ2n) is 5.89. The van der Waals surface area contributed by atoms with Gasteiger partial charge in [0.05, 0.1) is 27.9 Å². The van der Waals surface area contributed by atoms with Crippen LogP contribution in [0.2, 0.25) is 0 Å².